The molecular formula is C13H15ClN4. The summed E-state index contributed by atoms with van der Waals surface area (Å²) in [4.78, 5) is 10.1. The molecule has 0 aliphatic carbocycles. The van der Waals surface area contributed by atoms with Crippen LogP contribution in [0.5, 0.6) is 0 Å². The van der Waals surface area contributed by atoms with E-state index in [4.69, 9.17) is 17.3 Å². The van der Waals surface area contributed by atoms with Crippen molar-refractivity contribution in [1.29, 1.82) is 0 Å². The molecule has 5 heteroatoms. The summed E-state index contributed by atoms with van der Waals surface area (Å²) in [6, 6.07) is 7.90. The van der Waals surface area contributed by atoms with Crippen LogP contribution in [0.2, 0.25) is 5.02 Å². The fraction of sp³-hybridized carbons (Fsp3) is 0.231. The molecule has 0 amide bonds. The van der Waals surface area contributed by atoms with Gasteiger partial charge in [-0.25, -0.2) is 9.97 Å². The van der Waals surface area contributed by atoms with Gasteiger partial charge in [0.2, 0.25) is 0 Å². The SMILES string of the molecule is CC(c1cccc(Cl)c1)N(C)c1ncncc1N. The summed E-state index contributed by atoms with van der Waals surface area (Å²) in [7, 11) is 1.95. The quantitative estimate of drug-likeness (QED) is 0.924. The summed E-state index contributed by atoms with van der Waals surface area (Å²) in [5.41, 5.74) is 7.55. The highest BCUT2D eigenvalue weighted by atomic mass is 35.5. The van der Waals surface area contributed by atoms with Crippen LogP contribution >= 0.6 is 11.6 Å². The largest absolute Gasteiger partial charge is 0.394 e. The van der Waals surface area contributed by atoms with Crippen LogP contribution < -0.4 is 10.6 Å². The predicted octanol–water partition coefficient (Wildman–Crippen LogP) is 2.91. The molecule has 1 aromatic carbocycles. The minimum absolute atomic E-state index is 0.126. The van der Waals surface area contributed by atoms with Crippen LogP contribution in [0.4, 0.5) is 11.5 Å². The molecule has 0 spiro atoms. The van der Waals surface area contributed by atoms with Gasteiger partial charge in [-0.1, -0.05) is 23.7 Å². The number of nitrogens with two attached hydrogens (primary N) is 1. The maximum Gasteiger partial charge on any atom is 0.155 e. The van der Waals surface area contributed by atoms with E-state index in [0.29, 0.717) is 5.69 Å². The second-order valence-electron chi connectivity index (χ2n) is 4.14. The van der Waals surface area contributed by atoms with Crippen LogP contribution in [0.15, 0.2) is 36.8 Å². The molecule has 1 heterocycles. The molecule has 94 valence electrons. The molecule has 0 fully saturated rings. The maximum absolute atomic E-state index is 6.00. The topological polar surface area (TPSA) is 55.0 Å². The smallest absolute Gasteiger partial charge is 0.155 e. The standard InChI is InChI=1S/C13H15ClN4/c1-9(10-4-3-5-11(14)6-10)18(2)13-12(15)7-16-8-17-13/h3-9H,15H2,1-2H3. The molecule has 0 saturated heterocycles. The van der Waals surface area contributed by atoms with Gasteiger partial charge in [0.15, 0.2) is 5.82 Å². The lowest BCUT2D eigenvalue weighted by Gasteiger charge is -2.27. The Morgan fingerprint density at radius 1 is 1.39 bits per heavy atom. The molecule has 1 unspecified atom stereocenters. The summed E-state index contributed by atoms with van der Waals surface area (Å²) in [5, 5.41) is 0.725. The third-order valence-electron chi connectivity index (χ3n) is 2.96. The van der Waals surface area contributed by atoms with Gasteiger partial charge in [0.25, 0.3) is 0 Å². The van der Waals surface area contributed by atoms with Crippen LogP contribution in [-0.2, 0) is 0 Å². The third-order valence-corrected chi connectivity index (χ3v) is 3.20. The first-order valence-electron chi connectivity index (χ1n) is 5.63. The summed E-state index contributed by atoms with van der Waals surface area (Å²) in [6.07, 6.45) is 3.09. The van der Waals surface area contributed by atoms with Gasteiger partial charge in [0, 0.05) is 12.1 Å². The van der Waals surface area contributed by atoms with E-state index in [2.05, 4.69) is 16.9 Å². The highest BCUT2D eigenvalue weighted by Gasteiger charge is 2.15. The normalized spacial score (nSPS) is 12.2. The lowest BCUT2D eigenvalue weighted by molar-refractivity contribution is 0.728. The summed E-state index contributed by atoms with van der Waals surface area (Å²) < 4.78 is 0. The van der Waals surface area contributed by atoms with Crippen molar-refractivity contribution in [3.05, 3.63) is 47.4 Å². The Labute approximate surface area is 111 Å². The van der Waals surface area contributed by atoms with Crippen molar-refractivity contribution in [2.24, 2.45) is 0 Å². The Morgan fingerprint density at radius 3 is 2.83 bits per heavy atom. The first-order valence-corrected chi connectivity index (χ1v) is 6.01. The Bertz CT molecular complexity index is 544. The number of nitrogen functional groups attached to an aromatic ring is 1. The average Bonchev–Trinajstić information content (AvgIpc) is 2.37. The minimum Gasteiger partial charge on any atom is -0.394 e. The molecule has 0 aliphatic heterocycles. The van der Waals surface area contributed by atoms with Crippen molar-refractivity contribution in [1.82, 2.24) is 9.97 Å². The van der Waals surface area contributed by atoms with Crippen molar-refractivity contribution in [2.45, 2.75) is 13.0 Å². The van der Waals surface area contributed by atoms with Gasteiger partial charge in [-0.2, -0.15) is 0 Å². The van der Waals surface area contributed by atoms with Crippen LogP contribution in [0, 0.1) is 0 Å². The van der Waals surface area contributed by atoms with E-state index < -0.39 is 0 Å². The number of rotatable bonds is 3. The number of hydrogen-bond acceptors (Lipinski definition) is 4. The zero-order chi connectivity index (χ0) is 13.1. The molecule has 0 bridgehead atoms. The lowest BCUT2D eigenvalue weighted by Crippen LogP contribution is -2.23. The summed E-state index contributed by atoms with van der Waals surface area (Å²) in [6.45, 7) is 2.08. The van der Waals surface area contributed by atoms with Crippen molar-refractivity contribution in [3.8, 4) is 0 Å². The van der Waals surface area contributed by atoms with Crippen molar-refractivity contribution >= 4 is 23.1 Å². The molecule has 18 heavy (non-hydrogen) atoms. The zero-order valence-electron chi connectivity index (χ0n) is 10.3. The van der Waals surface area contributed by atoms with Crippen molar-refractivity contribution in [2.75, 3.05) is 17.7 Å². The van der Waals surface area contributed by atoms with Crippen LogP contribution in [0.1, 0.15) is 18.5 Å². The second-order valence-corrected chi connectivity index (χ2v) is 4.58. The average molecular weight is 263 g/mol. The summed E-state index contributed by atoms with van der Waals surface area (Å²) in [5.74, 6) is 0.720. The number of anilines is 2. The second kappa shape index (κ2) is 5.23. The monoisotopic (exact) mass is 262 g/mol. The highest BCUT2D eigenvalue weighted by Crippen LogP contribution is 2.28. The van der Waals surface area contributed by atoms with Crippen molar-refractivity contribution in [3.63, 3.8) is 0 Å². The van der Waals surface area contributed by atoms with E-state index in [1.165, 1.54) is 6.33 Å². The van der Waals surface area contributed by atoms with Gasteiger partial charge in [-0.05, 0) is 24.6 Å². The van der Waals surface area contributed by atoms with Crippen LogP contribution in [0.25, 0.3) is 0 Å². The minimum atomic E-state index is 0.126. The molecule has 2 aromatic rings. The number of hydrogen-bond donors (Lipinski definition) is 1. The van der Waals surface area contributed by atoms with E-state index in [1.54, 1.807) is 6.20 Å². The molecule has 4 nitrogen and oxygen atoms in total. The Hall–Kier alpha value is -1.81. The predicted molar refractivity (Wildman–Crippen MR) is 74.7 cm³/mol. The molecule has 2 rings (SSSR count). The number of benzene rings is 1. The molecule has 2 N–H and O–H groups in total. The molecule has 1 atom stereocenters. The molecule has 0 aliphatic rings. The van der Waals surface area contributed by atoms with Crippen LogP contribution in [-0.4, -0.2) is 17.0 Å². The fourth-order valence-corrected chi connectivity index (χ4v) is 2.00. The fourth-order valence-electron chi connectivity index (χ4n) is 1.80. The van der Waals surface area contributed by atoms with E-state index in [-0.39, 0.29) is 6.04 Å². The third kappa shape index (κ3) is 2.54. The van der Waals surface area contributed by atoms with Crippen LogP contribution in [0.3, 0.4) is 0 Å². The molecular weight excluding hydrogens is 248 g/mol. The molecule has 0 saturated carbocycles. The van der Waals surface area contributed by atoms with E-state index in [0.717, 1.165) is 16.4 Å². The molecule has 0 radical (unpaired) electrons. The zero-order valence-corrected chi connectivity index (χ0v) is 11.1. The first kappa shape index (κ1) is 12.6. The summed E-state index contributed by atoms with van der Waals surface area (Å²) >= 11 is 6.00. The van der Waals surface area contributed by atoms with E-state index in [9.17, 15) is 0 Å². The van der Waals surface area contributed by atoms with Gasteiger partial charge in [0.05, 0.1) is 17.9 Å². The van der Waals surface area contributed by atoms with Gasteiger partial charge in [0.1, 0.15) is 6.33 Å². The van der Waals surface area contributed by atoms with E-state index >= 15 is 0 Å². The Kier molecular flexibility index (Phi) is 3.67. The Balaban J connectivity index is 2.29. The molecule has 1 aromatic heterocycles. The van der Waals surface area contributed by atoms with E-state index in [1.807, 2.05) is 36.2 Å². The highest BCUT2D eigenvalue weighted by molar-refractivity contribution is 6.30. The Morgan fingerprint density at radius 2 is 2.17 bits per heavy atom. The first-order chi connectivity index (χ1) is 8.59. The maximum atomic E-state index is 6.00. The number of halogens is 1. The van der Waals surface area contributed by atoms with Gasteiger partial charge < -0.3 is 10.6 Å². The number of aromatic nitrogens is 2. The number of nitrogens with zero attached hydrogens (tertiary/aromatic N) is 3. The van der Waals surface area contributed by atoms with Gasteiger partial charge in [-0.15, -0.1) is 0 Å². The van der Waals surface area contributed by atoms with Crippen molar-refractivity contribution < 1.29 is 0 Å². The van der Waals surface area contributed by atoms with Gasteiger partial charge in [-0.3, -0.25) is 0 Å². The lowest BCUT2D eigenvalue weighted by atomic mass is 10.1. The van der Waals surface area contributed by atoms with Gasteiger partial charge >= 0.3 is 0 Å².